The van der Waals surface area contributed by atoms with Gasteiger partial charge in [0.05, 0.1) is 29.5 Å². The summed E-state index contributed by atoms with van der Waals surface area (Å²) in [5, 5.41) is 0. The minimum Gasteiger partial charge on any atom is -0.465 e. The van der Waals surface area contributed by atoms with E-state index in [1.54, 1.807) is 0 Å². The van der Waals surface area contributed by atoms with Gasteiger partial charge in [-0.05, 0) is 241 Å². The van der Waals surface area contributed by atoms with E-state index in [4.69, 9.17) is 28.4 Å². The highest BCUT2D eigenvalue weighted by Gasteiger charge is 2.59. The summed E-state index contributed by atoms with van der Waals surface area (Å²) >= 11 is 0. The smallest absolute Gasteiger partial charge is 0.404 e. The lowest BCUT2D eigenvalue weighted by Gasteiger charge is -2.38. The number of hydrogen-bond acceptors (Lipinski definition) is 12. The Morgan fingerprint density at radius 1 is 0.316 bits per heavy atom. The van der Waals surface area contributed by atoms with Gasteiger partial charge in [0, 0.05) is 24.2 Å². The highest BCUT2D eigenvalue weighted by Crippen LogP contribution is 2.47. The van der Waals surface area contributed by atoms with Crippen molar-refractivity contribution in [1.82, 2.24) is 0 Å². The molecule has 24 heteroatoms. The topological polar surface area (TPSA) is 158 Å². The summed E-state index contributed by atoms with van der Waals surface area (Å²) in [5.74, 6) is 1.61. The number of ether oxygens (including phenoxy) is 6. The molecule has 133 heavy (non-hydrogen) atoms. The normalized spacial score (nSPS) is 18.9. The maximum atomic E-state index is 13.0. The Hall–Kier alpha value is -3.16. The zero-order valence-electron chi connectivity index (χ0n) is 94.7. The molecule has 0 aromatic rings. The lowest BCUT2D eigenvalue weighted by atomic mass is 9.72. The van der Waals surface area contributed by atoms with Crippen molar-refractivity contribution in [3.63, 3.8) is 0 Å². The van der Waals surface area contributed by atoms with Crippen LogP contribution >= 0.6 is 0 Å². The van der Waals surface area contributed by atoms with Crippen molar-refractivity contribution in [2.24, 2.45) is 102 Å². The van der Waals surface area contributed by atoms with Gasteiger partial charge in [-0.15, -0.1) is 0 Å². The lowest BCUT2D eigenvalue weighted by Crippen LogP contribution is -2.45. The third kappa shape index (κ3) is 60.7. The predicted molar refractivity (Wildman–Crippen MR) is 552 cm³/mol. The molecular weight excluding hydrogens is 1760 g/mol. The van der Waals surface area contributed by atoms with Crippen LogP contribution in [0.4, 0.5) is 39.5 Å². The van der Waals surface area contributed by atoms with Gasteiger partial charge in [0.15, 0.2) is 16.2 Å². The number of esters is 6. The molecule has 6 atom stereocenters. The average Bonchev–Trinajstić information content (AvgIpc) is 0.801. The van der Waals surface area contributed by atoms with E-state index in [-0.39, 0.29) is 94.7 Å². The van der Waals surface area contributed by atoms with Crippen LogP contribution in [0.5, 0.6) is 0 Å². The van der Waals surface area contributed by atoms with Crippen molar-refractivity contribution >= 4 is 60.0 Å². The third-order valence-corrected chi connectivity index (χ3v) is 33.8. The van der Waals surface area contributed by atoms with Gasteiger partial charge >= 0.3 is 54.3 Å². The van der Waals surface area contributed by atoms with Crippen LogP contribution in [-0.4, -0.2) is 116 Å². The van der Waals surface area contributed by atoms with Gasteiger partial charge in [-0.25, -0.2) is 0 Å². The van der Waals surface area contributed by atoms with Gasteiger partial charge in [-0.3, -0.25) is 28.8 Å². The zero-order valence-corrected chi connectivity index (χ0v) is 97.7. The number of carbonyl (C=O) groups is 6. The minimum absolute atomic E-state index is 0.0108. The Bertz CT molecular complexity index is 2960. The molecular formula is C109H215F9O12Si3. The Balaban J connectivity index is -0.000000345. The monoisotopic (exact) mass is 1970 g/mol. The van der Waals surface area contributed by atoms with Crippen molar-refractivity contribution < 1.29 is 96.7 Å². The highest BCUT2D eigenvalue weighted by molar-refractivity contribution is 6.76. The number of alkyl halides is 9. The van der Waals surface area contributed by atoms with Crippen LogP contribution in [0.1, 0.15) is 429 Å². The van der Waals surface area contributed by atoms with Gasteiger partial charge in [0.2, 0.25) is 0 Å². The third-order valence-electron chi connectivity index (χ3n) is 28.1. The molecule has 0 radical (unpaired) electrons. The maximum absolute atomic E-state index is 13.0. The fourth-order valence-corrected chi connectivity index (χ4v) is 21.4. The first-order valence-electron chi connectivity index (χ1n) is 52.4. The van der Waals surface area contributed by atoms with E-state index in [2.05, 4.69) is 149 Å². The van der Waals surface area contributed by atoms with Crippen LogP contribution in [0.25, 0.3) is 0 Å². The second-order valence-corrected chi connectivity index (χ2v) is 66.0. The van der Waals surface area contributed by atoms with Crippen molar-refractivity contribution in [3.05, 3.63) is 0 Å². The molecule has 12 nitrogen and oxygen atoms in total. The van der Waals surface area contributed by atoms with Gasteiger partial charge in [0.25, 0.3) is 0 Å². The first kappa shape index (κ1) is 141. The van der Waals surface area contributed by atoms with Gasteiger partial charge in [-0.1, -0.05) is 335 Å². The van der Waals surface area contributed by atoms with Crippen LogP contribution < -0.4 is 0 Å². The fraction of sp³-hybridized carbons (Fsp3) is 0.945. The minimum atomic E-state index is -4.59. The van der Waals surface area contributed by atoms with Gasteiger partial charge < -0.3 is 28.4 Å². The molecule has 0 aromatic heterocycles. The Morgan fingerprint density at radius 3 is 0.827 bits per heavy atom. The molecule has 3 aliphatic carbocycles. The molecule has 6 unspecified atom stereocenters. The molecule has 0 spiro atoms. The van der Waals surface area contributed by atoms with Crippen LogP contribution in [0.15, 0.2) is 0 Å². The summed E-state index contributed by atoms with van der Waals surface area (Å²) in [6, 6.07) is 4.21. The molecule has 0 amide bonds. The van der Waals surface area contributed by atoms with Gasteiger partial charge in [-0.2, -0.15) is 39.5 Å². The van der Waals surface area contributed by atoms with E-state index >= 15 is 0 Å². The summed E-state index contributed by atoms with van der Waals surface area (Å²) in [6.45, 7) is 91.6. The van der Waals surface area contributed by atoms with Crippen molar-refractivity contribution in [2.45, 2.75) is 549 Å². The van der Waals surface area contributed by atoms with Gasteiger partial charge in [0.1, 0.15) is 24.4 Å². The average molecular weight is 1970 g/mol. The summed E-state index contributed by atoms with van der Waals surface area (Å²) in [7, 11) is -2.46. The van der Waals surface area contributed by atoms with Crippen molar-refractivity contribution in [1.29, 1.82) is 0 Å². The zero-order chi connectivity index (χ0) is 106. The van der Waals surface area contributed by atoms with Crippen molar-refractivity contribution in [3.8, 4) is 0 Å². The molecule has 0 heterocycles. The van der Waals surface area contributed by atoms with E-state index in [0.717, 1.165) is 115 Å². The maximum Gasteiger partial charge on any atom is 0.404 e. The second-order valence-electron chi connectivity index (χ2n) is 49.3. The van der Waals surface area contributed by atoms with E-state index in [1.165, 1.54) is 122 Å². The summed E-state index contributed by atoms with van der Waals surface area (Å²) in [5.41, 5.74) is -7.63. The lowest BCUT2D eigenvalue weighted by molar-refractivity contribution is -0.236. The number of carbonyl (C=O) groups excluding carboxylic acids is 6. The predicted octanol–water partition coefficient (Wildman–Crippen LogP) is 36.0. The fourth-order valence-electron chi connectivity index (χ4n) is 15.5. The molecule has 0 aromatic carbocycles. The molecule has 3 fully saturated rings. The van der Waals surface area contributed by atoms with E-state index < -0.39 is 89.1 Å². The number of hydrogen-bond donors (Lipinski definition) is 0. The second kappa shape index (κ2) is 65.1. The van der Waals surface area contributed by atoms with Crippen molar-refractivity contribution in [2.75, 3.05) is 13.2 Å². The summed E-state index contributed by atoms with van der Waals surface area (Å²) in [4.78, 5) is 70.7. The Labute approximate surface area is 816 Å². The SMILES string of the molecule is CCC(C)(C(=O)OC(C(C)C)C(C)C)C(F)(F)F.CCC(C)(C(=O)OC(C(C)C)C(C)C)C(F)(F)F.CCC(C)(C(=O)OC1CCC(C(C)(C)C)CC1)C(F)(F)F.CCC(C)(C)C(=O)OC1CCC(C(C)(C)C)CC1.CCC(C)(C)C(=O)OCCC[Si](C)(C)C.CCC(C)CC1CCCCC1.CCC(C)C[Si](C)(C)C.CCC(C)C[Si](C)(C)C.CCCCCCOC(=O)C(C)(C)CC. The summed E-state index contributed by atoms with van der Waals surface area (Å²) < 4.78 is 148. The van der Waals surface area contributed by atoms with Crippen LogP contribution in [-0.2, 0) is 57.2 Å². The molecule has 798 valence electrons. The highest BCUT2D eigenvalue weighted by atomic mass is 28.3. The van der Waals surface area contributed by atoms with E-state index in [0.29, 0.717) is 37.4 Å². The Kier molecular flexibility index (Phi) is 68.8. The molecule has 0 saturated heterocycles. The molecule has 0 bridgehead atoms. The molecule has 3 rings (SSSR count). The van der Waals surface area contributed by atoms with Crippen LogP contribution in [0, 0.1) is 102 Å². The first-order chi connectivity index (χ1) is 60.0. The number of rotatable bonds is 38. The molecule has 0 aliphatic heterocycles. The van der Waals surface area contributed by atoms with E-state index in [9.17, 15) is 68.3 Å². The Morgan fingerprint density at radius 2 is 0.594 bits per heavy atom. The summed E-state index contributed by atoms with van der Waals surface area (Å²) in [6.07, 6.45) is 12.9. The number of halogens is 9. The van der Waals surface area contributed by atoms with Crippen LogP contribution in [0.2, 0.25) is 77.1 Å². The molecule has 0 N–H and O–H groups in total. The van der Waals surface area contributed by atoms with E-state index in [1.807, 2.05) is 118 Å². The molecule has 3 aliphatic rings. The molecule has 3 saturated carbocycles. The largest absolute Gasteiger partial charge is 0.465 e. The van der Waals surface area contributed by atoms with Crippen LogP contribution in [0.3, 0.4) is 0 Å². The first-order valence-corrected chi connectivity index (χ1v) is 63.5. The quantitative estimate of drug-likeness (QED) is 0.0190. The standard InChI is InChI=1S/C16H27F3O2.C16H30O2.2C13H23F3O2.C12H26O2Si.C12H24O2.C11H22.2C8H20Si/c1-6-15(5,16(17,18)19)13(20)21-12-9-7-11(8-10-12)14(2,3)4;1-7-16(5,6)14(17)18-13-10-8-12(9-11-13)15(2,3)4;2*1-7-12(6,13(14,15)16)11(17)18-10(8(2)3)9(4)5;1-7-12(2,3)11(13)14-9-8-10-15(4,5)6;1-5-7-8-9-10-14-11(13)12(3,4)6-2;1-3-10(2)9-11-7-5-4-6-8-11;2*1-6-8(2)7-9(3,4)5/h11-12H,6-10H2,1-5H3;12-13H,7-11H2,1-6H3;2*8-10H,7H2,1-6H3;7-10H2,1-6H3;5-10H2,1-4H3;10-11H,3-9H2,1-2H3;2*8H,6-7H2,1-5H3. The number of unbranched alkanes of at least 4 members (excludes halogenated alkanes) is 3.